The number of rotatable bonds is 26. The van der Waals surface area contributed by atoms with Crippen LogP contribution in [0.25, 0.3) is 0 Å². The summed E-state index contributed by atoms with van der Waals surface area (Å²) in [7, 11) is 0. The molecular weight excluding hydrogens is 592 g/mol. The summed E-state index contributed by atoms with van der Waals surface area (Å²) in [6.07, 6.45) is 3.49. The lowest BCUT2D eigenvalue weighted by molar-refractivity contribution is 0.0294. The third-order valence-corrected chi connectivity index (χ3v) is 6.41. The second-order valence-electron chi connectivity index (χ2n) is 10.0. The Balaban J connectivity index is 1.04. The van der Waals surface area contributed by atoms with Crippen LogP contribution in [0.1, 0.15) is 46.4 Å². The molecule has 0 unspecified atom stereocenters. The van der Waals surface area contributed by atoms with Gasteiger partial charge in [0.05, 0.1) is 37.6 Å². The van der Waals surface area contributed by atoms with Crippen molar-refractivity contribution in [2.24, 2.45) is 0 Å². The SMILES string of the molecule is O=C(OCCOCCCCOCCOc1ccc(OCCOCCCCOCCOC(=O)c2ccccc2)cc1)c1ccccc1. The number of ether oxygens (including phenoxy) is 8. The van der Waals surface area contributed by atoms with E-state index in [1.54, 1.807) is 48.5 Å². The Bertz CT molecular complexity index is 1090. The number of carbonyl (C=O) groups excluding carboxylic acids is 2. The van der Waals surface area contributed by atoms with Crippen LogP contribution in [-0.4, -0.2) is 91.2 Å². The van der Waals surface area contributed by atoms with E-state index in [4.69, 9.17) is 37.9 Å². The first kappa shape index (κ1) is 36.5. The van der Waals surface area contributed by atoms with E-state index in [0.717, 1.165) is 37.2 Å². The largest absolute Gasteiger partial charge is 0.491 e. The Morgan fingerprint density at radius 3 is 1.04 bits per heavy atom. The molecule has 0 radical (unpaired) electrons. The maximum Gasteiger partial charge on any atom is 0.338 e. The molecule has 0 bridgehead atoms. The quantitative estimate of drug-likeness (QED) is 0.0793. The summed E-state index contributed by atoms with van der Waals surface area (Å²) < 4.78 is 44.0. The van der Waals surface area contributed by atoms with Gasteiger partial charge in [-0.3, -0.25) is 0 Å². The van der Waals surface area contributed by atoms with Crippen LogP contribution in [0.5, 0.6) is 11.5 Å². The normalized spacial score (nSPS) is 10.8. The standard InChI is InChI=1S/C36H46O10/c37-35(31-11-3-1-4-12-31)45-29-25-41-21-9-7-19-39-23-27-43-33-15-17-34(18-16-33)44-28-24-40-20-8-10-22-42-26-30-46-36(38)32-13-5-2-6-14-32/h1-6,11-18H,7-10,19-30H2. The van der Waals surface area contributed by atoms with Crippen LogP contribution in [-0.2, 0) is 28.4 Å². The zero-order valence-electron chi connectivity index (χ0n) is 26.5. The summed E-state index contributed by atoms with van der Waals surface area (Å²) in [5, 5.41) is 0. The average molecular weight is 639 g/mol. The van der Waals surface area contributed by atoms with Crippen molar-refractivity contribution in [2.75, 3.05) is 79.3 Å². The van der Waals surface area contributed by atoms with Crippen molar-refractivity contribution >= 4 is 11.9 Å². The Morgan fingerprint density at radius 1 is 0.370 bits per heavy atom. The number of hydrogen-bond acceptors (Lipinski definition) is 10. The van der Waals surface area contributed by atoms with Gasteiger partial charge in [0.1, 0.15) is 37.9 Å². The third kappa shape index (κ3) is 16.9. The number of unbranched alkanes of at least 4 members (excludes halogenated alkanes) is 2. The molecular formula is C36H46O10. The minimum absolute atomic E-state index is 0.237. The fourth-order valence-electron chi connectivity index (χ4n) is 4.00. The summed E-state index contributed by atoms with van der Waals surface area (Å²) >= 11 is 0. The molecule has 0 spiro atoms. The molecule has 3 aromatic carbocycles. The maximum absolute atomic E-state index is 11.8. The molecule has 0 aliphatic heterocycles. The van der Waals surface area contributed by atoms with Crippen LogP contribution in [0, 0.1) is 0 Å². The van der Waals surface area contributed by atoms with Gasteiger partial charge in [-0.25, -0.2) is 9.59 Å². The van der Waals surface area contributed by atoms with Gasteiger partial charge in [0.25, 0.3) is 0 Å². The minimum Gasteiger partial charge on any atom is -0.491 e. The molecule has 0 aliphatic rings. The lowest BCUT2D eigenvalue weighted by Gasteiger charge is -2.10. The molecule has 0 aromatic heterocycles. The van der Waals surface area contributed by atoms with E-state index in [-0.39, 0.29) is 25.2 Å². The van der Waals surface area contributed by atoms with Crippen molar-refractivity contribution in [1.82, 2.24) is 0 Å². The monoisotopic (exact) mass is 638 g/mol. The van der Waals surface area contributed by atoms with E-state index in [0.29, 0.717) is 77.2 Å². The lowest BCUT2D eigenvalue weighted by atomic mass is 10.2. The van der Waals surface area contributed by atoms with E-state index in [1.165, 1.54) is 0 Å². The molecule has 0 atom stereocenters. The molecule has 46 heavy (non-hydrogen) atoms. The van der Waals surface area contributed by atoms with Crippen LogP contribution in [0.15, 0.2) is 84.9 Å². The van der Waals surface area contributed by atoms with Crippen molar-refractivity contribution in [3.8, 4) is 11.5 Å². The molecule has 0 N–H and O–H groups in total. The first-order valence-electron chi connectivity index (χ1n) is 15.8. The van der Waals surface area contributed by atoms with Gasteiger partial charge in [-0.15, -0.1) is 0 Å². The van der Waals surface area contributed by atoms with Crippen LogP contribution >= 0.6 is 0 Å². The van der Waals surface area contributed by atoms with Crippen molar-refractivity contribution in [3.63, 3.8) is 0 Å². The molecule has 0 heterocycles. The van der Waals surface area contributed by atoms with Crippen LogP contribution < -0.4 is 9.47 Å². The Labute approximate surface area is 271 Å². The third-order valence-electron chi connectivity index (χ3n) is 6.41. The predicted molar refractivity (Wildman–Crippen MR) is 173 cm³/mol. The first-order valence-corrected chi connectivity index (χ1v) is 15.8. The Hall–Kier alpha value is -3.96. The zero-order chi connectivity index (χ0) is 32.3. The minimum atomic E-state index is -0.337. The smallest absolute Gasteiger partial charge is 0.338 e. The van der Waals surface area contributed by atoms with E-state index >= 15 is 0 Å². The van der Waals surface area contributed by atoms with E-state index < -0.39 is 0 Å². The Morgan fingerprint density at radius 2 is 0.696 bits per heavy atom. The number of hydrogen-bond donors (Lipinski definition) is 0. The van der Waals surface area contributed by atoms with Gasteiger partial charge in [-0.1, -0.05) is 36.4 Å². The van der Waals surface area contributed by atoms with Crippen molar-refractivity contribution in [2.45, 2.75) is 25.7 Å². The highest BCUT2D eigenvalue weighted by atomic mass is 16.6. The van der Waals surface area contributed by atoms with Crippen LogP contribution in [0.3, 0.4) is 0 Å². The van der Waals surface area contributed by atoms with Crippen molar-refractivity contribution < 1.29 is 47.5 Å². The number of esters is 2. The molecule has 3 aromatic rings. The first-order chi connectivity index (χ1) is 22.7. The van der Waals surface area contributed by atoms with E-state index in [9.17, 15) is 9.59 Å². The molecule has 250 valence electrons. The van der Waals surface area contributed by atoms with Gasteiger partial charge in [0, 0.05) is 26.4 Å². The fourth-order valence-corrected chi connectivity index (χ4v) is 4.00. The molecule has 0 aliphatic carbocycles. The summed E-state index contributed by atoms with van der Waals surface area (Å²) in [6.45, 7) is 5.61. The lowest BCUT2D eigenvalue weighted by Crippen LogP contribution is -2.11. The number of benzene rings is 3. The summed E-state index contributed by atoms with van der Waals surface area (Å²) in [5.41, 5.74) is 1.08. The van der Waals surface area contributed by atoms with Crippen molar-refractivity contribution in [1.29, 1.82) is 0 Å². The highest BCUT2D eigenvalue weighted by Gasteiger charge is 2.06. The molecule has 0 amide bonds. The van der Waals surface area contributed by atoms with Gasteiger partial charge < -0.3 is 37.9 Å². The molecule has 0 saturated heterocycles. The topological polar surface area (TPSA) is 108 Å². The second kappa shape index (κ2) is 24.3. The average Bonchev–Trinajstić information content (AvgIpc) is 3.10. The van der Waals surface area contributed by atoms with Gasteiger partial charge in [0.2, 0.25) is 0 Å². The maximum atomic E-state index is 11.8. The molecule has 10 heteroatoms. The molecule has 10 nitrogen and oxygen atoms in total. The fraction of sp³-hybridized carbons (Fsp3) is 0.444. The van der Waals surface area contributed by atoms with Crippen LogP contribution in [0.4, 0.5) is 0 Å². The molecule has 0 saturated carbocycles. The summed E-state index contributed by atoms with van der Waals surface area (Å²) in [6, 6.07) is 25.3. The van der Waals surface area contributed by atoms with E-state index in [2.05, 4.69) is 0 Å². The Kier molecular flexibility index (Phi) is 19.3. The van der Waals surface area contributed by atoms with Crippen molar-refractivity contribution in [3.05, 3.63) is 96.1 Å². The summed E-state index contributed by atoms with van der Waals surface area (Å²) in [5.74, 6) is 0.835. The summed E-state index contributed by atoms with van der Waals surface area (Å²) in [4.78, 5) is 23.7. The molecule has 0 fully saturated rings. The van der Waals surface area contributed by atoms with E-state index in [1.807, 2.05) is 36.4 Å². The second-order valence-corrected chi connectivity index (χ2v) is 10.0. The van der Waals surface area contributed by atoms with Gasteiger partial charge in [-0.05, 0) is 74.2 Å². The van der Waals surface area contributed by atoms with Gasteiger partial charge >= 0.3 is 11.9 Å². The number of carbonyl (C=O) groups is 2. The van der Waals surface area contributed by atoms with Crippen LogP contribution in [0.2, 0.25) is 0 Å². The van der Waals surface area contributed by atoms with Gasteiger partial charge in [-0.2, -0.15) is 0 Å². The highest BCUT2D eigenvalue weighted by molar-refractivity contribution is 5.89. The zero-order valence-corrected chi connectivity index (χ0v) is 26.5. The highest BCUT2D eigenvalue weighted by Crippen LogP contribution is 2.17. The molecule has 3 rings (SSSR count). The predicted octanol–water partition coefficient (Wildman–Crippen LogP) is 5.79. The van der Waals surface area contributed by atoms with Gasteiger partial charge in [0.15, 0.2) is 0 Å².